The number of pyridine rings is 1. The third kappa shape index (κ3) is 3.56. The Balaban J connectivity index is 2.20. The van der Waals surface area contributed by atoms with Crippen molar-refractivity contribution in [1.29, 1.82) is 0 Å². The van der Waals surface area contributed by atoms with Gasteiger partial charge in [0.25, 0.3) is 5.91 Å². The zero-order valence-corrected chi connectivity index (χ0v) is 12.4. The minimum Gasteiger partial charge on any atom is -0.373 e. The quantitative estimate of drug-likeness (QED) is 0.940. The molecule has 1 aromatic carbocycles. The van der Waals surface area contributed by atoms with Gasteiger partial charge in [0.2, 0.25) is 0 Å². The van der Waals surface area contributed by atoms with Crippen LogP contribution in [0.1, 0.15) is 21.6 Å². The second-order valence-corrected chi connectivity index (χ2v) is 4.89. The minimum atomic E-state index is -0.307. The number of aromatic nitrogens is 1. The predicted octanol–water partition coefficient (Wildman–Crippen LogP) is 2.84. The molecule has 2 rings (SSSR count). The average Bonchev–Trinajstić information content (AvgIpc) is 2.48. The first-order valence-corrected chi connectivity index (χ1v) is 6.66. The van der Waals surface area contributed by atoms with E-state index < -0.39 is 0 Å². The molecule has 0 aliphatic rings. The van der Waals surface area contributed by atoms with Crippen LogP contribution in [0.5, 0.6) is 0 Å². The van der Waals surface area contributed by atoms with Crippen molar-refractivity contribution in [3.63, 3.8) is 0 Å². The van der Waals surface area contributed by atoms with E-state index >= 15 is 0 Å². The van der Waals surface area contributed by atoms with Crippen molar-refractivity contribution in [2.45, 2.75) is 13.5 Å². The van der Waals surface area contributed by atoms with Crippen LogP contribution >= 0.6 is 0 Å². The fourth-order valence-corrected chi connectivity index (χ4v) is 2.09. The summed E-state index contributed by atoms with van der Waals surface area (Å²) < 4.78 is 13.6. The van der Waals surface area contributed by atoms with Gasteiger partial charge in [-0.25, -0.2) is 9.37 Å². The number of aryl methyl sites for hydroxylation is 1. The van der Waals surface area contributed by atoms with E-state index in [4.69, 9.17) is 0 Å². The van der Waals surface area contributed by atoms with Crippen LogP contribution in [0, 0.1) is 12.7 Å². The topological polar surface area (TPSA) is 45.2 Å². The second-order valence-electron chi connectivity index (χ2n) is 4.89. The highest BCUT2D eigenvalue weighted by Crippen LogP contribution is 2.14. The molecule has 2 aromatic rings. The first-order chi connectivity index (χ1) is 10.0. The highest BCUT2D eigenvalue weighted by atomic mass is 19.1. The van der Waals surface area contributed by atoms with Crippen molar-refractivity contribution in [2.24, 2.45) is 0 Å². The Hall–Kier alpha value is -2.43. The van der Waals surface area contributed by atoms with Gasteiger partial charge < -0.3 is 10.2 Å². The lowest BCUT2D eigenvalue weighted by Gasteiger charge is -2.18. The largest absolute Gasteiger partial charge is 0.373 e. The lowest BCUT2D eigenvalue weighted by atomic mass is 10.1. The number of hydrogen-bond donors (Lipinski definition) is 1. The number of hydrogen-bond acceptors (Lipinski definition) is 3. The van der Waals surface area contributed by atoms with Crippen molar-refractivity contribution in [2.75, 3.05) is 19.4 Å². The molecule has 1 N–H and O–H groups in total. The normalized spacial score (nSPS) is 10.3. The summed E-state index contributed by atoms with van der Waals surface area (Å²) in [4.78, 5) is 18.2. The van der Waals surface area contributed by atoms with Gasteiger partial charge >= 0.3 is 0 Å². The van der Waals surface area contributed by atoms with E-state index in [1.165, 1.54) is 11.0 Å². The first kappa shape index (κ1) is 15.0. The van der Waals surface area contributed by atoms with Gasteiger partial charge in [-0.1, -0.05) is 18.2 Å². The van der Waals surface area contributed by atoms with Crippen molar-refractivity contribution in [1.82, 2.24) is 9.88 Å². The zero-order valence-electron chi connectivity index (χ0n) is 12.4. The van der Waals surface area contributed by atoms with Crippen LogP contribution in [0.3, 0.4) is 0 Å². The van der Waals surface area contributed by atoms with Crippen molar-refractivity contribution in [3.8, 4) is 0 Å². The molecule has 0 atom stereocenters. The van der Waals surface area contributed by atoms with Crippen molar-refractivity contribution >= 4 is 11.7 Å². The molecule has 0 aliphatic heterocycles. The Kier molecular flexibility index (Phi) is 4.52. The molecule has 0 radical (unpaired) electrons. The molecule has 21 heavy (non-hydrogen) atoms. The number of carbonyl (C=O) groups is 1. The summed E-state index contributed by atoms with van der Waals surface area (Å²) in [6, 6.07) is 9.87. The fourth-order valence-electron chi connectivity index (χ4n) is 2.09. The Labute approximate surface area is 123 Å². The number of nitrogens with zero attached hydrogens (tertiary/aromatic N) is 2. The molecule has 1 aromatic heterocycles. The van der Waals surface area contributed by atoms with Crippen LogP contribution in [0.15, 0.2) is 36.4 Å². The molecule has 1 amide bonds. The molecule has 0 fully saturated rings. The van der Waals surface area contributed by atoms with E-state index in [0.717, 1.165) is 5.69 Å². The van der Waals surface area contributed by atoms with Gasteiger partial charge in [0.1, 0.15) is 11.6 Å². The van der Waals surface area contributed by atoms with Gasteiger partial charge in [-0.15, -0.1) is 0 Å². The first-order valence-electron chi connectivity index (χ1n) is 6.66. The molecule has 1 heterocycles. The maximum atomic E-state index is 13.6. The highest BCUT2D eigenvalue weighted by molar-refractivity contribution is 5.94. The number of amides is 1. The van der Waals surface area contributed by atoms with Crippen LogP contribution in [0.2, 0.25) is 0 Å². The van der Waals surface area contributed by atoms with Gasteiger partial charge in [0.15, 0.2) is 0 Å². The van der Waals surface area contributed by atoms with Gasteiger partial charge in [0.05, 0.1) is 0 Å². The van der Waals surface area contributed by atoms with E-state index in [2.05, 4.69) is 10.3 Å². The molecule has 0 aliphatic carbocycles. The van der Waals surface area contributed by atoms with Crippen molar-refractivity contribution in [3.05, 3.63) is 59.0 Å². The number of anilines is 1. The molecular weight excluding hydrogens is 269 g/mol. The van der Waals surface area contributed by atoms with E-state index in [-0.39, 0.29) is 18.3 Å². The van der Waals surface area contributed by atoms with Gasteiger partial charge in [-0.2, -0.15) is 0 Å². The summed E-state index contributed by atoms with van der Waals surface area (Å²) in [5.41, 5.74) is 1.78. The zero-order chi connectivity index (χ0) is 15.4. The Morgan fingerprint density at radius 1 is 1.33 bits per heavy atom. The summed E-state index contributed by atoms with van der Waals surface area (Å²) in [7, 11) is 3.41. The molecule has 110 valence electrons. The lowest BCUT2D eigenvalue weighted by Crippen LogP contribution is -2.26. The SMILES string of the molecule is CNc1cc(C(=O)N(C)Cc2ccccc2F)cc(C)n1. The molecule has 4 nitrogen and oxygen atoms in total. The van der Waals surface area contributed by atoms with E-state index in [9.17, 15) is 9.18 Å². The lowest BCUT2D eigenvalue weighted by molar-refractivity contribution is 0.0783. The second kappa shape index (κ2) is 6.35. The Bertz CT molecular complexity index is 658. The number of halogens is 1. The summed E-state index contributed by atoms with van der Waals surface area (Å²) in [6.07, 6.45) is 0. The van der Waals surface area contributed by atoms with Crippen LogP contribution in [0.25, 0.3) is 0 Å². The van der Waals surface area contributed by atoms with Gasteiger partial charge in [-0.3, -0.25) is 4.79 Å². The predicted molar refractivity (Wildman–Crippen MR) is 80.7 cm³/mol. The van der Waals surface area contributed by atoms with Crippen LogP contribution in [0.4, 0.5) is 10.2 Å². The standard InChI is InChI=1S/C16H18FN3O/c1-11-8-13(9-15(18-2)19-11)16(21)20(3)10-12-6-4-5-7-14(12)17/h4-9H,10H2,1-3H3,(H,18,19). The maximum Gasteiger partial charge on any atom is 0.254 e. The van der Waals surface area contributed by atoms with E-state index in [1.807, 2.05) is 6.92 Å². The summed E-state index contributed by atoms with van der Waals surface area (Å²) in [5, 5.41) is 2.92. The van der Waals surface area contributed by atoms with Crippen molar-refractivity contribution < 1.29 is 9.18 Å². The number of benzene rings is 1. The summed E-state index contributed by atoms with van der Waals surface area (Å²) >= 11 is 0. The molecule has 0 bridgehead atoms. The molecule has 0 saturated heterocycles. The number of nitrogens with one attached hydrogen (secondary N) is 1. The molecular formula is C16H18FN3O. The average molecular weight is 287 g/mol. The molecule has 0 saturated carbocycles. The summed E-state index contributed by atoms with van der Waals surface area (Å²) in [6.45, 7) is 2.05. The highest BCUT2D eigenvalue weighted by Gasteiger charge is 2.15. The van der Waals surface area contributed by atoms with E-state index in [0.29, 0.717) is 16.9 Å². The smallest absolute Gasteiger partial charge is 0.254 e. The molecule has 0 unspecified atom stereocenters. The number of carbonyl (C=O) groups excluding carboxylic acids is 1. The monoisotopic (exact) mass is 287 g/mol. The third-order valence-corrected chi connectivity index (χ3v) is 3.17. The van der Waals surface area contributed by atoms with Crippen LogP contribution < -0.4 is 5.32 Å². The van der Waals surface area contributed by atoms with Crippen LogP contribution in [-0.4, -0.2) is 29.9 Å². The van der Waals surface area contributed by atoms with Crippen LogP contribution in [-0.2, 0) is 6.54 Å². The van der Waals surface area contributed by atoms with Gasteiger partial charge in [0, 0.05) is 37.5 Å². The third-order valence-electron chi connectivity index (χ3n) is 3.17. The summed E-state index contributed by atoms with van der Waals surface area (Å²) in [5.74, 6) is 0.164. The number of rotatable bonds is 4. The Morgan fingerprint density at radius 2 is 2.05 bits per heavy atom. The van der Waals surface area contributed by atoms with E-state index in [1.54, 1.807) is 44.4 Å². The fraction of sp³-hybridized carbons (Fsp3) is 0.250. The maximum absolute atomic E-state index is 13.6. The minimum absolute atomic E-state index is 0.166. The Morgan fingerprint density at radius 3 is 2.71 bits per heavy atom. The van der Waals surface area contributed by atoms with Gasteiger partial charge in [-0.05, 0) is 25.1 Å². The molecule has 5 heteroatoms. The molecule has 0 spiro atoms.